The van der Waals surface area contributed by atoms with E-state index in [-0.39, 0.29) is 5.92 Å². The van der Waals surface area contributed by atoms with E-state index in [1.54, 1.807) is 0 Å². The van der Waals surface area contributed by atoms with E-state index in [1.807, 2.05) is 0 Å². The maximum absolute atomic E-state index is 13.8. The second kappa shape index (κ2) is 7.63. The molecule has 1 aromatic rings. The molecule has 0 bridgehead atoms. The molecule has 26 heavy (non-hydrogen) atoms. The predicted octanol–water partition coefficient (Wildman–Crippen LogP) is 3.83. The molecule has 5 heteroatoms. The lowest BCUT2D eigenvalue weighted by Crippen LogP contribution is -2.41. The van der Waals surface area contributed by atoms with E-state index in [9.17, 15) is 13.6 Å². The summed E-state index contributed by atoms with van der Waals surface area (Å²) in [6, 6.07) is 3.77. The van der Waals surface area contributed by atoms with Crippen molar-refractivity contribution >= 4 is 5.91 Å². The fourth-order valence-electron chi connectivity index (χ4n) is 5.07. The molecule has 2 heterocycles. The topological polar surface area (TPSA) is 23.6 Å². The van der Waals surface area contributed by atoms with E-state index < -0.39 is 11.6 Å². The van der Waals surface area contributed by atoms with Crippen LogP contribution in [0.2, 0.25) is 0 Å². The van der Waals surface area contributed by atoms with Crippen LogP contribution in [0.15, 0.2) is 18.2 Å². The summed E-state index contributed by atoms with van der Waals surface area (Å²) in [6.45, 7) is 4.01. The number of piperidine rings is 1. The molecule has 2 atom stereocenters. The van der Waals surface area contributed by atoms with Crippen molar-refractivity contribution in [3.05, 3.63) is 35.4 Å². The van der Waals surface area contributed by atoms with Gasteiger partial charge in [-0.25, -0.2) is 8.78 Å². The third-order valence-corrected chi connectivity index (χ3v) is 6.63. The average Bonchev–Trinajstić information content (AvgIpc) is 3.08. The van der Waals surface area contributed by atoms with Gasteiger partial charge in [-0.1, -0.05) is 18.9 Å². The number of nitrogens with zero attached hydrogens (tertiary/aromatic N) is 2. The van der Waals surface area contributed by atoms with Crippen LogP contribution in [0.5, 0.6) is 0 Å². The molecule has 1 aromatic carbocycles. The van der Waals surface area contributed by atoms with Crippen LogP contribution < -0.4 is 0 Å². The molecule has 142 valence electrons. The van der Waals surface area contributed by atoms with Crippen LogP contribution in [-0.2, 0) is 11.3 Å². The Morgan fingerprint density at radius 3 is 2.27 bits per heavy atom. The van der Waals surface area contributed by atoms with Gasteiger partial charge in [0, 0.05) is 37.2 Å². The molecule has 3 aliphatic rings. The van der Waals surface area contributed by atoms with E-state index in [2.05, 4.69) is 9.80 Å². The normalized spacial score (nSPS) is 27.5. The van der Waals surface area contributed by atoms with E-state index in [0.717, 1.165) is 56.9 Å². The number of hydrogen-bond donors (Lipinski definition) is 0. The van der Waals surface area contributed by atoms with E-state index in [0.29, 0.717) is 18.0 Å². The van der Waals surface area contributed by atoms with Gasteiger partial charge in [-0.3, -0.25) is 9.69 Å². The first kappa shape index (κ1) is 17.9. The van der Waals surface area contributed by atoms with E-state index >= 15 is 0 Å². The van der Waals surface area contributed by atoms with Crippen LogP contribution in [0.3, 0.4) is 0 Å². The predicted molar refractivity (Wildman–Crippen MR) is 96.4 cm³/mol. The van der Waals surface area contributed by atoms with Gasteiger partial charge in [0.2, 0.25) is 5.91 Å². The number of amides is 1. The highest BCUT2D eigenvalue weighted by molar-refractivity contribution is 5.79. The second-order valence-electron chi connectivity index (χ2n) is 8.33. The zero-order valence-corrected chi connectivity index (χ0v) is 15.3. The molecule has 1 aliphatic carbocycles. The maximum Gasteiger partial charge on any atom is 0.225 e. The summed E-state index contributed by atoms with van der Waals surface area (Å²) in [5, 5.41) is 0. The van der Waals surface area contributed by atoms with Gasteiger partial charge in [-0.05, 0) is 56.7 Å². The van der Waals surface area contributed by atoms with E-state index in [4.69, 9.17) is 0 Å². The molecule has 4 rings (SSSR count). The third-order valence-electron chi connectivity index (χ3n) is 6.63. The van der Waals surface area contributed by atoms with Gasteiger partial charge < -0.3 is 4.90 Å². The monoisotopic (exact) mass is 362 g/mol. The molecule has 3 nitrogen and oxygen atoms in total. The molecular weight excluding hydrogens is 334 g/mol. The smallest absolute Gasteiger partial charge is 0.225 e. The highest BCUT2D eigenvalue weighted by Crippen LogP contribution is 2.37. The van der Waals surface area contributed by atoms with Crippen molar-refractivity contribution in [3.63, 3.8) is 0 Å². The number of hydrogen-bond acceptors (Lipinski definition) is 2. The molecule has 2 saturated heterocycles. The Bertz CT molecular complexity index is 643. The number of likely N-dealkylation sites (tertiary alicyclic amines) is 2. The molecule has 2 aliphatic heterocycles. The third kappa shape index (κ3) is 3.78. The van der Waals surface area contributed by atoms with Gasteiger partial charge in [-0.2, -0.15) is 0 Å². The highest BCUT2D eigenvalue weighted by Gasteiger charge is 2.38. The Balaban J connectivity index is 1.28. The first-order valence-corrected chi connectivity index (χ1v) is 10.0. The second-order valence-corrected chi connectivity index (χ2v) is 8.33. The quantitative estimate of drug-likeness (QED) is 0.816. The van der Waals surface area contributed by atoms with Crippen LogP contribution in [0.4, 0.5) is 8.78 Å². The zero-order chi connectivity index (χ0) is 18.1. The van der Waals surface area contributed by atoms with Crippen molar-refractivity contribution < 1.29 is 13.6 Å². The number of fused-ring (bicyclic) bond motifs is 1. The lowest BCUT2D eigenvalue weighted by Gasteiger charge is -2.33. The molecule has 0 spiro atoms. The first-order chi connectivity index (χ1) is 12.6. The van der Waals surface area contributed by atoms with Gasteiger partial charge >= 0.3 is 0 Å². The Hall–Kier alpha value is -1.49. The number of rotatable bonds is 3. The lowest BCUT2D eigenvalue weighted by atomic mass is 9.82. The molecule has 0 aromatic heterocycles. The first-order valence-electron chi connectivity index (χ1n) is 10.0. The standard InChI is InChI=1S/C21H28F2N2O/c22-19-6-5-18(20(23)11-19)12-24-9-7-15(8-10-24)21(26)25-13-16-3-1-2-4-17(16)14-25/h5-6,11,15-17H,1-4,7-10,12-14H2. The molecule has 2 unspecified atom stereocenters. The number of carbonyl (C=O) groups excluding carboxylic acids is 1. The average molecular weight is 362 g/mol. The Labute approximate surface area is 154 Å². The van der Waals surface area contributed by atoms with Crippen molar-refractivity contribution in [2.75, 3.05) is 26.2 Å². The van der Waals surface area contributed by atoms with Crippen LogP contribution >= 0.6 is 0 Å². The summed E-state index contributed by atoms with van der Waals surface area (Å²) in [4.78, 5) is 17.2. The summed E-state index contributed by atoms with van der Waals surface area (Å²) in [5.74, 6) is 0.893. The largest absolute Gasteiger partial charge is 0.342 e. The summed E-state index contributed by atoms with van der Waals surface area (Å²) in [5.41, 5.74) is 0.528. The SMILES string of the molecule is O=C(C1CCN(Cc2ccc(F)cc2F)CC1)N1CC2CCCCC2C1. The molecule has 0 radical (unpaired) electrons. The molecule has 1 saturated carbocycles. The minimum absolute atomic E-state index is 0.115. The van der Waals surface area contributed by atoms with Crippen molar-refractivity contribution in [1.29, 1.82) is 0 Å². The highest BCUT2D eigenvalue weighted by atomic mass is 19.1. The van der Waals surface area contributed by atoms with Crippen LogP contribution in [0.1, 0.15) is 44.1 Å². The number of carbonyl (C=O) groups is 1. The Morgan fingerprint density at radius 1 is 1.00 bits per heavy atom. The maximum atomic E-state index is 13.8. The van der Waals surface area contributed by atoms with Crippen LogP contribution in [0.25, 0.3) is 0 Å². The van der Waals surface area contributed by atoms with Crippen molar-refractivity contribution in [1.82, 2.24) is 9.80 Å². The fourth-order valence-corrected chi connectivity index (χ4v) is 5.07. The molecule has 3 fully saturated rings. The minimum atomic E-state index is -0.540. The Kier molecular flexibility index (Phi) is 5.25. The summed E-state index contributed by atoms with van der Waals surface area (Å²) >= 11 is 0. The lowest BCUT2D eigenvalue weighted by molar-refractivity contribution is -0.136. The molecule has 0 N–H and O–H groups in total. The zero-order valence-electron chi connectivity index (χ0n) is 15.3. The number of halogens is 2. The summed E-state index contributed by atoms with van der Waals surface area (Å²) in [7, 11) is 0. The molecule has 1 amide bonds. The van der Waals surface area contributed by atoms with Gasteiger partial charge in [-0.15, -0.1) is 0 Å². The van der Waals surface area contributed by atoms with Crippen LogP contribution in [0, 0.1) is 29.4 Å². The minimum Gasteiger partial charge on any atom is -0.342 e. The summed E-state index contributed by atoms with van der Waals surface area (Å²) in [6.07, 6.45) is 6.90. The van der Waals surface area contributed by atoms with E-state index in [1.165, 1.54) is 37.8 Å². The van der Waals surface area contributed by atoms with Gasteiger partial charge in [0.25, 0.3) is 0 Å². The van der Waals surface area contributed by atoms with Gasteiger partial charge in [0.1, 0.15) is 11.6 Å². The van der Waals surface area contributed by atoms with Gasteiger partial charge in [0.05, 0.1) is 0 Å². The van der Waals surface area contributed by atoms with Gasteiger partial charge in [0.15, 0.2) is 0 Å². The fraction of sp³-hybridized carbons (Fsp3) is 0.667. The van der Waals surface area contributed by atoms with Crippen molar-refractivity contribution in [2.24, 2.45) is 17.8 Å². The summed E-state index contributed by atoms with van der Waals surface area (Å²) < 4.78 is 26.9. The van der Waals surface area contributed by atoms with Crippen molar-refractivity contribution in [3.8, 4) is 0 Å². The number of benzene rings is 1. The van der Waals surface area contributed by atoms with Crippen molar-refractivity contribution in [2.45, 2.75) is 45.1 Å². The molecular formula is C21H28F2N2O. The Morgan fingerprint density at radius 2 is 1.65 bits per heavy atom. The van der Waals surface area contributed by atoms with Crippen LogP contribution in [-0.4, -0.2) is 41.9 Å².